The van der Waals surface area contributed by atoms with Gasteiger partial charge in [0.15, 0.2) is 0 Å². The molecule has 0 aliphatic heterocycles. The van der Waals surface area contributed by atoms with Crippen LogP contribution in [0.5, 0.6) is 5.75 Å². The van der Waals surface area contributed by atoms with E-state index < -0.39 is 23.5 Å². The summed E-state index contributed by atoms with van der Waals surface area (Å²) < 4.78 is 39.7. The van der Waals surface area contributed by atoms with E-state index in [2.05, 4.69) is 5.32 Å². The molecular formula is C15H14F3NO. The number of phenols is 1. The van der Waals surface area contributed by atoms with E-state index in [1.807, 2.05) is 0 Å². The average Bonchev–Trinajstić information content (AvgIpc) is 2.42. The Kier molecular flexibility index (Phi) is 4.29. The lowest BCUT2D eigenvalue weighted by Crippen LogP contribution is -2.19. The molecule has 20 heavy (non-hydrogen) atoms. The molecule has 0 amide bonds. The Balaban J connectivity index is 2.10. The zero-order valence-electron chi connectivity index (χ0n) is 10.8. The third kappa shape index (κ3) is 3.30. The highest BCUT2D eigenvalue weighted by atomic mass is 19.1. The zero-order valence-corrected chi connectivity index (χ0v) is 10.8. The molecule has 0 aliphatic carbocycles. The first-order valence-electron chi connectivity index (χ1n) is 6.13. The van der Waals surface area contributed by atoms with Crippen LogP contribution in [-0.2, 0) is 6.54 Å². The van der Waals surface area contributed by atoms with Crippen LogP contribution in [0.3, 0.4) is 0 Å². The van der Waals surface area contributed by atoms with Crippen LogP contribution in [-0.4, -0.2) is 5.11 Å². The van der Waals surface area contributed by atoms with Gasteiger partial charge < -0.3 is 10.4 Å². The lowest BCUT2D eigenvalue weighted by Gasteiger charge is -2.15. The second kappa shape index (κ2) is 5.96. The Hall–Kier alpha value is -2.01. The van der Waals surface area contributed by atoms with Gasteiger partial charge in [-0.15, -0.1) is 0 Å². The normalized spacial score (nSPS) is 12.4. The van der Waals surface area contributed by atoms with E-state index in [4.69, 9.17) is 0 Å². The molecule has 1 unspecified atom stereocenters. The molecule has 0 saturated carbocycles. The minimum absolute atomic E-state index is 0.0502. The van der Waals surface area contributed by atoms with Crippen LogP contribution in [0, 0.1) is 17.5 Å². The molecule has 1 atom stereocenters. The summed E-state index contributed by atoms with van der Waals surface area (Å²) in [6.07, 6.45) is 0. The number of rotatable bonds is 4. The summed E-state index contributed by atoms with van der Waals surface area (Å²) in [5, 5.41) is 12.5. The van der Waals surface area contributed by atoms with Crippen molar-refractivity contribution in [2.75, 3.05) is 0 Å². The summed E-state index contributed by atoms with van der Waals surface area (Å²) in [4.78, 5) is 0. The summed E-state index contributed by atoms with van der Waals surface area (Å²) >= 11 is 0. The highest BCUT2D eigenvalue weighted by molar-refractivity contribution is 5.32. The maximum atomic E-state index is 13.6. The van der Waals surface area contributed by atoms with Crippen molar-refractivity contribution < 1.29 is 18.3 Å². The first-order valence-corrected chi connectivity index (χ1v) is 6.13. The highest BCUT2D eigenvalue weighted by Gasteiger charge is 2.12. The van der Waals surface area contributed by atoms with Gasteiger partial charge in [0.2, 0.25) is 0 Å². The minimum Gasteiger partial charge on any atom is -0.508 e. The maximum absolute atomic E-state index is 13.6. The van der Waals surface area contributed by atoms with E-state index in [1.165, 1.54) is 12.1 Å². The molecule has 5 heteroatoms. The Morgan fingerprint density at radius 3 is 2.45 bits per heavy atom. The van der Waals surface area contributed by atoms with E-state index in [1.54, 1.807) is 6.92 Å². The average molecular weight is 281 g/mol. The number of phenolic OH excluding ortho intramolecular Hbond substituents is 1. The van der Waals surface area contributed by atoms with Crippen molar-refractivity contribution in [3.05, 3.63) is 65.0 Å². The molecule has 2 aromatic rings. The van der Waals surface area contributed by atoms with E-state index in [0.29, 0.717) is 5.56 Å². The first kappa shape index (κ1) is 14.4. The van der Waals surface area contributed by atoms with Crippen molar-refractivity contribution in [3.8, 4) is 5.75 Å². The quantitative estimate of drug-likeness (QED) is 0.896. The van der Waals surface area contributed by atoms with Crippen molar-refractivity contribution in [2.24, 2.45) is 0 Å². The van der Waals surface area contributed by atoms with Gasteiger partial charge in [0.25, 0.3) is 0 Å². The van der Waals surface area contributed by atoms with E-state index >= 15 is 0 Å². The molecule has 0 fully saturated rings. The van der Waals surface area contributed by atoms with Crippen molar-refractivity contribution in [3.63, 3.8) is 0 Å². The monoisotopic (exact) mass is 281 g/mol. The van der Waals surface area contributed by atoms with Crippen LogP contribution in [0.25, 0.3) is 0 Å². The fraction of sp³-hybridized carbons (Fsp3) is 0.200. The van der Waals surface area contributed by atoms with E-state index in [9.17, 15) is 18.3 Å². The number of hydrogen-bond donors (Lipinski definition) is 2. The van der Waals surface area contributed by atoms with Crippen LogP contribution in [0.1, 0.15) is 24.1 Å². The summed E-state index contributed by atoms with van der Waals surface area (Å²) in [5.41, 5.74) is 0.537. The van der Waals surface area contributed by atoms with Crippen LogP contribution >= 0.6 is 0 Å². The van der Waals surface area contributed by atoms with Crippen LogP contribution in [0.2, 0.25) is 0 Å². The van der Waals surface area contributed by atoms with Gasteiger partial charge >= 0.3 is 0 Å². The van der Waals surface area contributed by atoms with Gasteiger partial charge in [0, 0.05) is 23.7 Å². The molecule has 0 aromatic heterocycles. The molecule has 106 valence electrons. The third-order valence-corrected chi connectivity index (χ3v) is 3.06. The molecule has 2 aromatic carbocycles. The fourth-order valence-electron chi connectivity index (χ4n) is 1.92. The van der Waals surface area contributed by atoms with Crippen LogP contribution in [0.15, 0.2) is 36.4 Å². The molecule has 2 N–H and O–H groups in total. The first-order chi connectivity index (χ1) is 9.47. The van der Waals surface area contributed by atoms with E-state index in [0.717, 1.165) is 24.3 Å². The van der Waals surface area contributed by atoms with Crippen molar-refractivity contribution >= 4 is 0 Å². The summed E-state index contributed by atoms with van der Waals surface area (Å²) in [6, 6.07) is 6.32. The van der Waals surface area contributed by atoms with Gasteiger partial charge in [-0.2, -0.15) is 0 Å². The topological polar surface area (TPSA) is 32.3 Å². The van der Waals surface area contributed by atoms with Gasteiger partial charge in [-0.25, -0.2) is 13.2 Å². The van der Waals surface area contributed by atoms with Gasteiger partial charge in [-0.1, -0.05) is 0 Å². The van der Waals surface area contributed by atoms with Gasteiger partial charge in [0.1, 0.15) is 23.2 Å². The number of halogens is 3. The Morgan fingerprint density at radius 2 is 1.70 bits per heavy atom. The van der Waals surface area contributed by atoms with Crippen LogP contribution in [0.4, 0.5) is 13.2 Å². The molecule has 0 radical (unpaired) electrons. The number of benzene rings is 2. The lowest BCUT2D eigenvalue weighted by atomic mass is 10.1. The number of nitrogens with one attached hydrogen (secondary N) is 1. The van der Waals surface area contributed by atoms with Gasteiger partial charge in [0.05, 0.1) is 0 Å². The van der Waals surface area contributed by atoms with Crippen molar-refractivity contribution in [1.29, 1.82) is 0 Å². The molecule has 2 nitrogen and oxygen atoms in total. The third-order valence-electron chi connectivity index (χ3n) is 3.06. The largest absolute Gasteiger partial charge is 0.508 e. The molecule has 0 aliphatic rings. The zero-order chi connectivity index (χ0) is 14.7. The number of aromatic hydroxyl groups is 1. The summed E-state index contributed by atoms with van der Waals surface area (Å²) in [7, 11) is 0. The molecular weight excluding hydrogens is 267 g/mol. The molecule has 2 rings (SSSR count). The lowest BCUT2D eigenvalue weighted by molar-refractivity contribution is 0.455. The fourth-order valence-corrected chi connectivity index (χ4v) is 1.92. The van der Waals surface area contributed by atoms with Crippen LogP contribution < -0.4 is 5.32 Å². The SMILES string of the molecule is CC(NCc1cc(F)ccc1O)c1cc(F)ccc1F. The Labute approximate surface area is 114 Å². The summed E-state index contributed by atoms with van der Waals surface area (Å²) in [6.45, 7) is 1.80. The standard InChI is InChI=1S/C15H14F3NO/c1-9(13-7-12(17)2-4-14(13)18)19-8-10-6-11(16)3-5-15(10)20/h2-7,9,19-20H,8H2,1H3. The Bertz CT molecular complexity index is 616. The summed E-state index contributed by atoms with van der Waals surface area (Å²) in [5.74, 6) is -1.56. The minimum atomic E-state index is -0.524. The molecule has 0 heterocycles. The van der Waals surface area contributed by atoms with Gasteiger partial charge in [-0.05, 0) is 43.3 Å². The van der Waals surface area contributed by atoms with Gasteiger partial charge in [-0.3, -0.25) is 0 Å². The smallest absolute Gasteiger partial charge is 0.128 e. The second-order valence-corrected chi connectivity index (χ2v) is 4.54. The van der Waals surface area contributed by atoms with Crippen molar-refractivity contribution in [2.45, 2.75) is 19.5 Å². The van der Waals surface area contributed by atoms with E-state index in [-0.39, 0.29) is 17.9 Å². The highest BCUT2D eigenvalue weighted by Crippen LogP contribution is 2.21. The second-order valence-electron chi connectivity index (χ2n) is 4.54. The molecule has 0 saturated heterocycles. The number of hydrogen-bond acceptors (Lipinski definition) is 2. The molecule has 0 spiro atoms. The predicted octanol–water partition coefficient (Wildman–Crippen LogP) is 3.66. The Morgan fingerprint density at radius 1 is 1.05 bits per heavy atom. The predicted molar refractivity (Wildman–Crippen MR) is 69.7 cm³/mol. The molecule has 0 bridgehead atoms. The maximum Gasteiger partial charge on any atom is 0.128 e. The van der Waals surface area contributed by atoms with Crippen molar-refractivity contribution in [1.82, 2.24) is 5.32 Å².